The molecule has 1 aliphatic rings. The SMILES string of the molecule is CC1(C)C(C(=O)NC=S)C1(C)C.CNc1ccc(Cc2ccnc3cc(OC)c(OC)cc23)c(Cl)c1. The smallest absolute Gasteiger partial charge is 0.228 e. The van der Waals surface area contributed by atoms with Gasteiger partial charge in [-0.2, -0.15) is 0 Å². The van der Waals surface area contributed by atoms with Crippen molar-refractivity contribution in [2.75, 3.05) is 26.6 Å². The fourth-order valence-corrected chi connectivity index (χ4v) is 5.09. The molecule has 6 nitrogen and oxygen atoms in total. The van der Waals surface area contributed by atoms with Crippen molar-refractivity contribution in [3.63, 3.8) is 0 Å². The van der Waals surface area contributed by atoms with Crippen molar-refractivity contribution in [1.29, 1.82) is 0 Å². The maximum Gasteiger partial charge on any atom is 0.228 e. The van der Waals surface area contributed by atoms with E-state index < -0.39 is 0 Å². The van der Waals surface area contributed by atoms with Crippen LogP contribution >= 0.6 is 23.8 Å². The van der Waals surface area contributed by atoms with Crippen molar-refractivity contribution < 1.29 is 14.3 Å². The standard InChI is InChI=1S/C19H19ClN2O2.C9H15NOS/c1-21-14-5-4-13(16(20)9-14)8-12-6-7-22-17-11-19(24-3)18(23-2)10-15(12)17;1-8(2)6(9(8,3)4)7(11)10-5-12/h4-7,9-11,21H,8H2,1-3H3;5-6H,1-4H3,(H,10,11,12). The van der Waals surface area contributed by atoms with Gasteiger partial charge in [0.1, 0.15) is 0 Å². The summed E-state index contributed by atoms with van der Waals surface area (Å²) in [5.74, 6) is 1.52. The van der Waals surface area contributed by atoms with Gasteiger partial charge in [0.25, 0.3) is 0 Å². The Labute approximate surface area is 223 Å². The van der Waals surface area contributed by atoms with Crippen molar-refractivity contribution in [3.05, 3.63) is 58.7 Å². The Morgan fingerprint density at radius 2 is 1.69 bits per heavy atom. The Hall–Kier alpha value is -2.90. The molecule has 1 fully saturated rings. The molecule has 1 aromatic heterocycles. The number of thiocarbonyl (C=S) groups is 1. The average Bonchev–Trinajstić information content (AvgIpc) is 3.27. The first-order valence-electron chi connectivity index (χ1n) is 11.7. The molecule has 0 spiro atoms. The van der Waals surface area contributed by atoms with Crippen LogP contribution in [0.2, 0.25) is 5.02 Å². The van der Waals surface area contributed by atoms with Crippen LogP contribution in [0.4, 0.5) is 5.69 Å². The van der Waals surface area contributed by atoms with E-state index in [2.05, 4.69) is 55.5 Å². The fraction of sp³-hybridized carbons (Fsp3) is 0.393. The van der Waals surface area contributed by atoms with Gasteiger partial charge in [-0.1, -0.05) is 57.6 Å². The highest BCUT2D eigenvalue weighted by atomic mass is 35.5. The fourth-order valence-electron chi connectivity index (χ4n) is 4.73. The number of nitrogens with one attached hydrogen (secondary N) is 2. The van der Waals surface area contributed by atoms with Gasteiger partial charge in [0.15, 0.2) is 11.5 Å². The lowest BCUT2D eigenvalue weighted by atomic mass is 10.0. The first-order chi connectivity index (χ1) is 17.0. The monoisotopic (exact) mass is 527 g/mol. The Bertz CT molecular complexity index is 1260. The van der Waals surface area contributed by atoms with Crippen LogP contribution in [-0.2, 0) is 11.2 Å². The highest BCUT2D eigenvalue weighted by molar-refractivity contribution is 7.78. The van der Waals surface area contributed by atoms with E-state index in [0.717, 1.165) is 39.2 Å². The van der Waals surface area contributed by atoms with E-state index in [0.29, 0.717) is 11.5 Å². The van der Waals surface area contributed by atoms with E-state index in [4.69, 9.17) is 21.1 Å². The van der Waals surface area contributed by atoms with E-state index in [1.807, 2.05) is 43.4 Å². The highest BCUT2D eigenvalue weighted by Gasteiger charge is 2.68. The third-order valence-electron chi connectivity index (χ3n) is 7.54. The second kappa shape index (κ2) is 11.0. The first kappa shape index (κ1) is 27.7. The third kappa shape index (κ3) is 5.42. The van der Waals surface area contributed by atoms with Crippen LogP contribution in [-0.4, -0.2) is 37.6 Å². The second-order valence-corrected chi connectivity index (χ2v) is 10.6. The molecule has 0 aliphatic heterocycles. The van der Waals surface area contributed by atoms with Gasteiger partial charge in [0, 0.05) is 41.3 Å². The zero-order chi connectivity index (χ0) is 26.7. The number of rotatable bonds is 7. The zero-order valence-corrected chi connectivity index (χ0v) is 23.4. The molecule has 36 heavy (non-hydrogen) atoms. The minimum Gasteiger partial charge on any atom is -0.493 e. The predicted molar refractivity (Wildman–Crippen MR) is 152 cm³/mol. The van der Waals surface area contributed by atoms with Crippen LogP contribution in [0.5, 0.6) is 11.5 Å². The van der Waals surface area contributed by atoms with E-state index in [1.165, 1.54) is 5.49 Å². The molecule has 3 aromatic rings. The molecule has 1 aliphatic carbocycles. The van der Waals surface area contributed by atoms with Crippen LogP contribution in [0, 0.1) is 16.7 Å². The summed E-state index contributed by atoms with van der Waals surface area (Å²) in [6.07, 6.45) is 2.52. The molecule has 0 bridgehead atoms. The van der Waals surface area contributed by atoms with Crippen LogP contribution in [0.3, 0.4) is 0 Å². The quantitative estimate of drug-likeness (QED) is 0.352. The number of ether oxygens (including phenoxy) is 2. The summed E-state index contributed by atoms with van der Waals surface area (Å²) in [6, 6.07) is 11.9. The van der Waals surface area contributed by atoms with Crippen molar-refractivity contribution in [2.24, 2.45) is 16.7 Å². The summed E-state index contributed by atoms with van der Waals surface area (Å²) < 4.78 is 10.8. The van der Waals surface area contributed by atoms with Crippen molar-refractivity contribution in [2.45, 2.75) is 34.1 Å². The van der Waals surface area contributed by atoms with E-state index in [1.54, 1.807) is 20.4 Å². The van der Waals surface area contributed by atoms with Crippen LogP contribution < -0.4 is 20.1 Å². The molecular formula is C28H34ClN3O3S. The van der Waals surface area contributed by atoms with Gasteiger partial charge in [0.2, 0.25) is 5.91 Å². The number of fused-ring (bicyclic) bond motifs is 1. The molecule has 0 unspecified atom stereocenters. The number of benzene rings is 2. The van der Waals surface area contributed by atoms with Crippen molar-refractivity contribution >= 4 is 51.8 Å². The Balaban J connectivity index is 0.000000253. The predicted octanol–water partition coefficient (Wildman–Crippen LogP) is 6.28. The Morgan fingerprint density at radius 1 is 1.06 bits per heavy atom. The Morgan fingerprint density at radius 3 is 2.22 bits per heavy atom. The third-order valence-corrected chi connectivity index (χ3v) is 8.01. The maximum atomic E-state index is 11.4. The lowest BCUT2D eigenvalue weighted by Gasteiger charge is -2.12. The number of pyridine rings is 1. The van der Waals surface area contributed by atoms with Gasteiger partial charge in [-0.3, -0.25) is 9.78 Å². The lowest BCUT2D eigenvalue weighted by Crippen LogP contribution is -2.24. The lowest BCUT2D eigenvalue weighted by molar-refractivity contribution is -0.121. The van der Waals surface area contributed by atoms with Crippen LogP contribution in [0.15, 0.2) is 42.6 Å². The zero-order valence-electron chi connectivity index (χ0n) is 21.9. The molecule has 1 saturated carbocycles. The normalized spacial score (nSPS) is 15.3. The minimum atomic E-state index is 0.0556. The van der Waals surface area contributed by atoms with Gasteiger partial charge in [-0.05, 0) is 52.6 Å². The molecule has 4 rings (SSSR count). The molecule has 0 saturated heterocycles. The van der Waals surface area contributed by atoms with Gasteiger partial charge >= 0.3 is 0 Å². The van der Waals surface area contributed by atoms with Gasteiger partial charge in [-0.15, -0.1) is 0 Å². The number of carbonyl (C=O) groups is 1. The van der Waals surface area contributed by atoms with Gasteiger partial charge in [0.05, 0.1) is 25.2 Å². The summed E-state index contributed by atoms with van der Waals surface area (Å²) in [7, 11) is 5.13. The number of amides is 1. The molecular weight excluding hydrogens is 494 g/mol. The molecule has 0 atom stereocenters. The number of nitrogens with zero attached hydrogens (tertiary/aromatic N) is 1. The molecule has 2 N–H and O–H groups in total. The Kier molecular flexibility index (Phi) is 8.47. The summed E-state index contributed by atoms with van der Waals surface area (Å²) >= 11 is 11.0. The van der Waals surface area contributed by atoms with E-state index in [9.17, 15) is 4.79 Å². The van der Waals surface area contributed by atoms with Crippen LogP contribution in [0.25, 0.3) is 10.9 Å². The number of methoxy groups -OCH3 is 2. The number of halogens is 1. The second-order valence-electron chi connectivity index (χ2n) is 9.93. The number of aromatic nitrogens is 1. The minimum absolute atomic E-state index is 0.0556. The topological polar surface area (TPSA) is 72.5 Å². The molecule has 2 aromatic carbocycles. The number of anilines is 1. The molecule has 8 heteroatoms. The van der Waals surface area contributed by atoms with Crippen LogP contribution in [0.1, 0.15) is 38.8 Å². The number of hydrogen-bond acceptors (Lipinski definition) is 6. The molecule has 192 valence electrons. The van der Waals surface area contributed by atoms with E-state index in [-0.39, 0.29) is 22.7 Å². The number of carbonyl (C=O) groups excluding carboxylic acids is 1. The van der Waals surface area contributed by atoms with E-state index >= 15 is 0 Å². The average molecular weight is 528 g/mol. The summed E-state index contributed by atoms with van der Waals surface area (Å²) in [6.45, 7) is 8.45. The molecule has 1 heterocycles. The van der Waals surface area contributed by atoms with Crippen molar-refractivity contribution in [1.82, 2.24) is 10.3 Å². The molecule has 0 radical (unpaired) electrons. The van der Waals surface area contributed by atoms with Gasteiger partial charge < -0.3 is 20.1 Å². The van der Waals surface area contributed by atoms with Crippen molar-refractivity contribution in [3.8, 4) is 11.5 Å². The summed E-state index contributed by atoms with van der Waals surface area (Å²) in [5, 5.41) is 7.44. The summed E-state index contributed by atoms with van der Waals surface area (Å²) in [5.41, 5.74) is 5.57. The largest absolute Gasteiger partial charge is 0.493 e. The molecule has 1 amide bonds. The summed E-state index contributed by atoms with van der Waals surface area (Å²) in [4.78, 5) is 15.9. The number of hydrogen-bond donors (Lipinski definition) is 2. The first-order valence-corrected chi connectivity index (χ1v) is 12.6. The highest BCUT2D eigenvalue weighted by Crippen LogP contribution is 2.68. The maximum absolute atomic E-state index is 11.4. The van der Waals surface area contributed by atoms with Gasteiger partial charge in [-0.25, -0.2) is 0 Å².